The van der Waals surface area contributed by atoms with E-state index < -0.39 is 6.16 Å². The van der Waals surface area contributed by atoms with Crippen molar-refractivity contribution >= 4 is 18.1 Å². The van der Waals surface area contributed by atoms with E-state index in [2.05, 4.69) is 44.4 Å². The van der Waals surface area contributed by atoms with Crippen molar-refractivity contribution in [3.63, 3.8) is 0 Å². The summed E-state index contributed by atoms with van der Waals surface area (Å²) >= 11 is 0. The fourth-order valence-corrected chi connectivity index (χ4v) is 5.39. The van der Waals surface area contributed by atoms with E-state index >= 15 is 0 Å². The van der Waals surface area contributed by atoms with Crippen molar-refractivity contribution < 1.29 is 33.3 Å². The van der Waals surface area contributed by atoms with E-state index in [9.17, 15) is 14.4 Å². The summed E-state index contributed by atoms with van der Waals surface area (Å²) in [6.07, 6.45) is 15.9. The lowest BCUT2D eigenvalue weighted by atomic mass is 9.96. The van der Waals surface area contributed by atoms with Gasteiger partial charge < -0.3 is 23.8 Å². The van der Waals surface area contributed by atoms with Crippen molar-refractivity contribution in [1.82, 2.24) is 9.80 Å². The van der Waals surface area contributed by atoms with Gasteiger partial charge in [0.2, 0.25) is 0 Å². The van der Waals surface area contributed by atoms with Crippen molar-refractivity contribution in [3.8, 4) is 0 Å². The summed E-state index contributed by atoms with van der Waals surface area (Å²) in [5, 5.41) is 0. The topological polar surface area (TPSA) is 94.6 Å². The van der Waals surface area contributed by atoms with Crippen molar-refractivity contribution in [2.24, 2.45) is 5.92 Å². The molecule has 0 saturated heterocycles. The summed E-state index contributed by atoms with van der Waals surface area (Å²) in [6, 6.07) is 0. The molecule has 0 amide bonds. The fourth-order valence-electron chi connectivity index (χ4n) is 5.39. The molecule has 0 heterocycles. The van der Waals surface area contributed by atoms with Gasteiger partial charge in [0.1, 0.15) is 19.3 Å². The number of hydrogen-bond donors (Lipinski definition) is 0. The molecule has 0 spiro atoms. The highest BCUT2D eigenvalue weighted by atomic mass is 16.7. The van der Waals surface area contributed by atoms with Gasteiger partial charge in [0.05, 0.1) is 6.61 Å². The lowest BCUT2D eigenvalue weighted by Gasteiger charge is -2.26. The molecule has 0 aliphatic heterocycles. The average molecular weight is 657 g/mol. The predicted molar refractivity (Wildman–Crippen MR) is 187 cm³/mol. The van der Waals surface area contributed by atoms with Crippen LogP contribution in [0.25, 0.3) is 0 Å². The van der Waals surface area contributed by atoms with Gasteiger partial charge in [-0.2, -0.15) is 0 Å². The van der Waals surface area contributed by atoms with E-state index in [1.54, 1.807) is 0 Å². The zero-order valence-electron chi connectivity index (χ0n) is 30.8. The summed E-state index contributed by atoms with van der Waals surface area (Å²) in [4.78, 5) is 41.3. The third-order valence-corrected chi connectivity index (χ3v) is 8.61. The SMILES string of the molecule is CCCCCCCC(=O)OCCN(CCOC(=O)OC(C)CCCC(=O)OCC(CCCC)CCCCCC)CCN(CC)CC. The quantitative estimate of drug-likeness (QED) is 0.0401. The van der Waals surface area contributed by atoms with Crippen LogP contribution in [0.1, 0.15) is 151 Å². The van der Waals surface area contributed by atoms with Gasteiger partial charge >= 0.3 is 18.1 Å². The highest BCUT2D eigenvalue weighted by Gasteiger charge is 2.16. The molecular weight excluding hydrogens is 584 g/mol. The number of hydrogen-bond acceptors (Lipinski definition) is 9. The minimum atomic E-state index is -0.699. The van der Waals surface area contributed by atoms with Crippen LogP contribution in [0.4, 0.5) is 4.79 Å². The van der Waals surface area contributed by atoms with Gasteiger partial charge in [0.15, 0.2) is 0 Å². The average Bonchev–Trinajstić information content (AvgIpc) is 3.03. The first kappa shape index (κ1) is 44.1. The highest BCUT2D eigenvalue weighted by Crippen LogP contribution is 2.18. The van der Waals surface area contributed by atoms with Crippen molar-refractivity contribution in [2.45, 2.75) is 157 Å². The Labute approximate surface area is 282 Å². The Hall–Kier alpha value is -1.87. The Balaban J connectivity index is 4.38. The number of esters is 2. The normalized spacial score (nSPS) is 12.7. The van der Waals surface area contributed by atoms with E-state index in [0.29, 0.717) is 57.9 Å². The van der Waals surface area contributed by atoms with Gasteiger partial charge in [-0.15, -0.1) is 0 Å². The van der Waals surface area contributed by atoms with Crippen molar-refractivity contribution in [3.05, 3.63) is 0 Å². The molecule has 0 aliphatic rings. The third-order valence-electron chi connectivity index (χ3n) is 8.61. The molecule has 0 N–H and O–H groups in total. The van der Waals surface area contributed by atoms with Gasteiger partial charge in [0, 0.05) is 39.0 Å². The predicted octanol–water partition coefficient (Wildman–Crippen LogP) is 8.57. The molecule has 0 saturated carbocycles. The molecule has 0 aliphatic carbocycles. The monoisotopic (exact) mass is 657 g/mol. The lowest BCUT2D eigenvalue weighted by molar-refractivity contribution is -0.145. The first-order chi connectivity index (χ1) is 22.3. The largest absolute Gasteiger partial charge is 0.508 e. The minimum Gasteiger partial charge on any atom is -0.465 e. The molecule has 0 aromatic heterocycles. The molecule has 272 valence electrons. The maximum atomic E-state index is 12.3. The van der Waals surface area contributed by atoms with E-state index in [-0.39, 0.29) is 24.6 Å². The smallest absolute Gasteiger partial charge is 0.465 e. The molecule has 0 rings (SSSR count). The molecule has 2 atom stereocenters. The number of ether oxygens (including phenoxy) is 4. The Morgan fingerprint density at radius 3 is 1.74 bits per heavy atom. The van der Waals surface area contributed by atoms with Crippen LogP contribution < -0.4 is 0 Å². The molecule has 9 heteroatoms. The maximum Gasteiger partial charge on any atom is 0.508 e. The number of unbranched alkanes of at least 4 members (excludes halogenated alkanes) is 8. The Morgan fingerprint density at radius 2 is 1.09 bits per heavy atom. The summed E-state index contributed by atoms with van der Waals surface area (Å²) in [6.45, 7) is 18.5. The molecule has 2 unspecified atom stereocenters. The zero-order chi connectivity index (χ0) is 34.3. The fraction of sp³-hybridized carbons (Fsp3) is 0.919. The number of likely N-dealkylation sites (N-methyl/N-ethyl adjacent to an activating group) is 1. The second-order valence-electron chi connectivity index (χ2n) is 12.7. The third kappa shape index (κ3) is 27.3. The molecule has 0 fully saturated rings. The molecular formula is C37H72N2O7. The number of carbonyl (C=O) groups is 3. The van der Waals surface area contributed by atoms with Crippen molar-refractivity contribution in [1.29, 1.82) is 0 Å². The minimum absolute atomic E-state index is 0.142. The van der Waals surface area contributed by atoms with Crippen LogP contribution in [-0.2, 0) is 28.5 Å². The van der Waals surface area contributed by atoms with Gasteiger partial charge in [-0.1, -0.05) is 98.8 Å². The summed E-state index contributed by atoms with van der Waals surface area (Å²) in [5.74, 6) is 0.134. The standard InChI is InChI=1S/C37H72N2O7/c1-7-12-15-17-19-24-35(40)43-30-28-39(27-26-38(10-4)11-5)29-31-44-37(42)46-33(6)21-20-25-36(41)45-32-34(22-14-9-3)23-18-16-13-8-2/h33-34H,7-32H2,1-6H3. The van der Waals surface area contributed by atoms with Gasteiger partial charge in [-0.3, -0.25) is 14.5 Å². The number of rotatable bonds is 32. The van der Waals surface area contributed by atoms with Crippen LogP contribution in [0, 0.1) is 5.92 Å². The Morgan fingerprint density at radius 1 is 0.543 bits per heavy atom. The summed E-state index contributed by atoms with van der Waals surface area (Å²) < 4.78 is 21.9. The van der Waals surface area contributed by atoms with Gasteiger partial charge in [0.25, 0.3) is 0 Å². The molecule has 0 aromatic rings. The van der Waals surface area contributed by atoms with E-state index in [1.807, 2.05) is 6.92 Å². The second kappa shape index (κ2) is 31.7. The molecule has 0 aromatic carbocycles. The van der Waals surface area contributed by atoms with Gasteiger partial charge in [-0.05, 0) is 58.0 Å². The second-order valence-corrected chi connectivity index (χ2v) is 12.7. The lowest BCUT2D eigenvalue weighted by Crippen LogP contribution is -2.39. The van der Waals surface area contributed by atoms with E-state index in [0.717, 1.165) is 64.7 Å². The van der Waals surface area contributed by atoms with Crippen LogP contribution in [-0.4, -0.2) is 93.1 Å². The number of nitrogens with zero attached hydrogens (tertiary/aromatic N) is 2. The van der Waals surface area contributed by atoms with Crippen LogP contribution in [0.15, 0.2) is 0 Å². The molecule has 0 radical (unpaired) electrons. The first-order valence-corrected chi connectivity index (χ1v) is 18.9. The Bertz CT molecular complexity index is 733. The summed E-state index contributed by atoms with van der Waals surface area (Å²) in [7, 11) is 0. The highest BCUT2D eigenvalue weighted by molar-refractivity contribution is 5.69. The maximum absolute atomic E-state index is 12.3. The summed E-state index contributed by atoms with van der Waals surface area (Å²) in [5.41, 5.74) is 0. The number of carbonyl (C=O) groups excluding carboxylic acids is 3. The van der Waals surface area contributed by atoms with Crippen LogP contribution in [0.3, 0.4) is 0 Å². The zero-order valence-corrected chi connectivity index (χ0v) is 30.8. The van der Waals surface area contributed by atoms with Crippen LogP contribution in [0.5, 0.6) is 0 Å². The Kier molecular flexibility index (Phi) is 30.4. The van der Waals surface area contributed by atoms with E-state index in [4.69, 9.17) is 18.9 Å². The van der Waals surface area contributed by atoms with Gasteiger partial charge in [-0.25, -0.2) is 4.79 Å². The van der Waals surface area contributed by atoms with Crippen LogP contribution in [0.2, 0.25) is 0 Å². The first-order valence-electron chi connectivity index (χ1n) is 18.9. The van der Waals surface area contributed by atoms with Crippen molar-refractivity contribution in [2.75, 3.05) is 59.1 Å². The molecule has 0 bridgehead atoms. The van der Waals surface area contributed by atoms with E-state index in [1.165, 1.54) is 44.9 Å². The molecule has 46 heavy (non-hydrogen) atoms. The molecule has 9 nitrogen and oxygen atoms in total. The van der Waals surface area contributed by atoms with Crippen LogP contribution >= 0.6 is 0 Å².